The van der Waals surface area contributed by atoms with Crippen LogP contribution in [0.5, 0.6) is 0 Å². The Balaban J connectivity index is 2.11. The summed E-state index contributed by atoms with van der Waals surface area (Å²) in [6.07, 6.45) is 2.56. The van der Waals surface area contributed by atoms with E-state index < -0.39 is 0 Å². The van der Waals surface area contributed by atoms with E-state index in [1.54, 1.807) is 15.3 Å². The van der Waals surface area contributed by atoms with E-state index in [9.17, 15) is 4.79 Å². The number of pyridine rings is 1. The standard InChI is InChI=1S/C18H17N5O/c1-3-13-15(12-8-6-5-7-9-12)17-20-19-16-14(23(17)21-13)10-11-22(4-2)18(16)24/h5-11H,3-4H2,1-2H3. The molecule has 0 bridgehead atoms. The van der Waals surface area contributed by atoms with Gasteiger partial charge >= 0.3 is 0 Å². The zero-order valence-corrected chi connectivity index (χ0v) is 13.6. The molecule has 0 aliphatic heterocycles. The highest BCUT2D eigenvalue weighted by Crippen LogP contribution is 2.28. The van der Waals surface area contributed by atoms with Crippen molar-refractivity contribution >= 4 is 16.7 Å². The normalized spacial score (nSPS) is 11.4. The predicted molar refractivity (Wildman–Crippen MR) is 93.0 cm³/mol. The van der Waals surface area contributed by atoms with Crippen molar-refractivity contribution in [2.75, 3.05) is 0 Å². The lowest BCUT2D eigenvalue weighted by molar-refractivity contribution is 0.728. The van der Waals surface area contributed by atoms with E-state index >= 15 is 0 Å². The van der Waals surface area contributed by atoms with Crippen LogP contribution in [0.4, 0.5) is 0 Å². The summed E-state index contributed by atoms with van der Waals surface area (Å²) >= 11 is 0. The topological polar surface area (TPSA) is 65.1 Å². The van der Waals surface area contributed by atoms with Crippen LogP contribution in [-0.2, 0) is 13.0 Å². The molecule has 24 heavy (non-hydrogen) atoms. The SMILES string of the molecule is CCc1nn2c(nnc3c(=O)n(CC)ccc32)c1-c1ccccc1. The second kappa shape index (κ2) is 5.56. The second-order valence-electron chi connectivity index (χ2n) is 5.62. The Hall–Kier alpha value is -3.02. The van der Waals surface area contributed by atoms with Gasteiger partial charge in [0, 0.05) is 12.7 Å². The molecule has 1 aromatic carbocycles. The van der Waals surface area contributed by atoms with Gasteiger partial charge in [-0.3, -0.25) is 4.79 Å². The summed E-state index contributed by atoms with van der Waals surface area (Å²) in [6, 6.07) is 11.9. The molecule has 0 N–H and O–H groups in total. The van der Waals surface area contributed by atoms with Crippen molar-refractivity contribution in [3.63, 3.8) is 0 Å². The summed E-state index contributed by atoms with van der Waals surface area (Å²) in [7, 11) is 0. The smallest absolute Gasteiger partial charge is 0.280 e. The summed E-state index contributed by atoms with van der Waals surface area (Å²) < 4.78 is 3.36. The van der Waals surface area contributed by atoms with Crippen LogP contribution in [0.2, 0.25) is 0 Å². The van der Waals surface area contributed by atoms with E-state index in [1.165, 1.54) is 0 Å². The lowest BCUT2D eigenvalue weighted by Crippen LogP contribution is -2.20. The molecule has 4 rings (SSSR count). The van der Waals surface area contributed by atoms with Crippen LogP contribution in [-0.4, -0.2) is 24.4 Å². The van der Waals surface area contributed by atoms with Crippen LogP contribution < -0.4 is 5.56 Å². The van der Waals surface area contributed by atoms with Crippen LogP contribution in [0.25, 0.3) is 27.8 Å². The van der Waals surface area contributed by atoms with E-state index in [0.29, 0.717) is 23.2 Å². The van der Waals surface area contributed by atoms with E-state index in [0.717, 1.165) is 23.2 Å². The van der Waals surface area contributed by atoms with E-state index in [-0.39, 0.29) is 5.56 Å². The van der Waals surface area contributed by atoms with Crippen molar-refractivity contribution in [2.24, 2.45) is 0 Å². The Morgan fingerprint density at radius 3 is 2.54 bits per heavy atom. The average Bonchev–Trinajstić information content (AvgIpc) is 3.01. The fraction of sp³-hybridized carbons (Fsp3) is 0.222. The fourth-order valence-electron chi connectivity index (χ4n) is 3.03. The molecule has 6 heteroatoms. The molecule has 3 aromatic heterocycles. The molecule has 4 aromatic rings. The highest BCUT2D eigenvalue weighted by Gasteiger charge is 2.18. The monoisotopic (exact) mass is 319 g/mol. The molecule has 120 valence electrons. The molecule has 0 fully saturated rings. The van der Waals surface area contributed by atoms with E-state index in [1.807, 2.05) is 43.3 Å². The van der Waals surface area contributed by atoms with Gasteiger partial charge in [0.1, 0.15) is 5.52 Å². The van der Waals surface area contributed by atoms with Crippen molar-refractivity contribution in [1.29, 1.82) is 0 Å². The molecular weight excluding hydrogens is 302 g/mol. The highest BCUT2D eigenvalue weighted by atomic mass is 16.1. The quantitative estimate of drug-likeness (QED) is 0.582. The number of aromatic nitrogens is 5. The van der Waals surface area contributed by atoms with E-state index in [2.05, 4.69) is 17.1 Å². The van der Waals surface area contributed by atoms with Crippen LogP contribution in [0.1, 0.15) is 19.5 Å². The third kappa shape index (κ3) is 2.03. The van der Waals surface area contributed by atoms with E-state index in [4.69, 9.17) is 5.10 Å². The number of aryl methyl sites for hydroxylation is 2. The molecule has 0 amide bonds. The zero-order chi connectivity index (χ0) is 16.7. The summed E-state index contributed by atoms with van der Waals surface area (Å²) in [5, 5.41) is 13.2. The van der Waals surface area contributed by atoms with Gasteiger partial charge in [-0.25, -0.2) is 4.52 Å². The molecule has 0 aliphatic carbocycles. The third-order valence-corrected chi connectivity index (χ3v) is 4.26. The van der Waals surface area contributed by atoms with Crippen LogP contribution in [0.3, 0.4) is 0 Å². The molecule has 3 heterocycles. The first-order chi connectivity index (χ1) is 11.7. The molecule has 0 radical (unpaired) electrons. The maximum Gasteiger partial charge on any atom is 0.280 e. The summed E-state index contributed by atoms with van der Waals surface area (Å²) in [6.45, 7) is 4.59. The lowest BCUT2D eigenvalue weighted by Gasteiger charge is -2.04. The molecule has 6 nitrogen and oxygen atoms in total. The first-order valence-corrected chi connectivity index (χ1v) is 8.07. The predicted octanol–water partition coefficient (Wildman–Crippen LogP) is 2.69. The number of benzene rings is 1. The fourth-order valence-corrected chi connectivity index (χ4v) is 3.03. The van der Waals surface area contributed by atoms with Gasteiger partial charge in [0.25, 0.3) is 5.56 Å². The van der Waals surface area contributed by atoms with Crippen LogP contribution >= 0.6 is 0 Å². The van der Waals surface area contributed by atoms with Crippen molar-refractivity contribution in [3.05, 3.63) is 58.6 Å². The molecule has 0 saturated carbocycles. The molecule has 0 saturated heterocycles. The number of hydrogen-bond donors (Lipinski definition) is 0. The zero-order valence-electron chi connectivity index (χ0n) is 13.6. The van der Waals surface area contributed by atoms with Gasteiger partial charge in [0.2, 0.25) is 0 Å². The number of hydrogen-bond acceptors (Lipinski definition) is 4. The van der Waals surface area contributed by atoms with Gasteiger partial charge < -0.3 is 4.57 Å². The summed E-state index contributed by atoms with van der Waals surface area (Å²) in [5.41, 5.74) is 4.55. The number of rotatable bonds is 3. The Bertz CT molecular complexity index is 1100. The van der Waals surface area contributed by atoms with Gasteiger partial charge in [-0.05, 0) is 25.0 Å². The van der Waals surface area contributed by atoms with Gasteiger partial charge in [-0.2, -0.15) is 5.10 Å². The molecule has 0 aliphatic rings. The number of nitrogens with zero attached hydrogens (tertiary/aromatic N) is 5. The maximum absolute atomic E-state index is 12.5. The summed E-state index contributed by atoms with van der Waals surface area (Å²) in [4.78, 5) is 12.5. The molecule has 0 atom stereocenters. The third-order valence-electron chi connectivity index (χ3n) is 4.26. The molecular formula is C18H17N5O. The second-order valence-corrected chi connectivity index (χ2v) is 5.62. The van der Waals surface area contributed by atoms with Gasteiger partial charge in [-0.15, -0.1) is 10.2 Å². The van der Waals surface area contributed by atoms with Crippen LogP contribution in [0, 0.1) is 0 Å². The Kier molecular flexibility index (Phi) is 3.37. The van der Waals surface area contributed by atoms with Crippen molar-refractivity contribution in [3.8, 4) is 11.1 Å². The largest absolute Gasteiger partial charge is 0.314 e. The average molecular weight is 319 g/mol. The Morgan fingerprint density at radius 2 is 1.83 bits per heavy atom. The first-order valence-electron chi connectivity index (χ1n) is 8.07. The van der Waals surface area contributed by atoms with Gasteiger partial charge in [0.05, 0.1) is 11.3 Å². The maximum atomic E-state index is 12.5. The minimum absolute atomic E-state index is 0.140. The minimum Gasteiger partial charge on any atom is -0.314 e. The number of fused-ring (bicyclic) bond motifs is 3. The van der Waals surface area contributed by atoms with Gasteiger partial charge in [0.15, 0.2) is 11.2 Å². The van der Waals surface area contributed by atoms with Gasteiger partial charge in [-0.1, -0.05) is 37.3 Å². The van der Waals surface area contributed by atoms with Crippen molar-refractivity contribution < 1.29 is 0 Å². The lowest BCUT2D eigenvalue weighted by atomic mass is 10.0. The first kappa shape index (κ1) is 14.6. The van der Waals surface area contributed by atoms with Crippen molar-refractivity contribution in [2.45, 2.75) is 26.8 Å². The minimum atomic E-state index is -0.140. The summed E-state index contributed by atoms with van der Waals surface area (Å²) in [5.74, 6) is 0. The van der Waals surface area contributed by atoms with Crippen LogP contribution in [0.15, 0.2) is 47.4 Å². The molecule has 0 unspecified atom stereocenters. The Morgan fingerprint density at radius 1 is 1.04 bits per heavy atom. The van der Waals surface area contributed by atoms with Crippen molar-refractivity contribution in [1.82, 2.24) is 24.4 Å². The highest BCUT2D eigenvalue weighted by molar-refractivity contribution is 5.84. The Labute approximate surface area is 138 Å². The molecule has 0 spiro atoms.